The van der Waals surface area contributed by atoms with Crippen molar-refractivity contribution in [3.8, 4) is 5.75 Å². The third-order valence-electron chi connectivity index (χ3n) is 2.83. The van der Waals surface area contributed by atoms with E-state index in [0.717, 1.165) is 16.2 Å². The molecule has 0 unspecified atom stereocenters. The molecule has 24 heavy (non-hydrogen) atoms. The average molecular weight is 361 g/mol. The standard InChI is InChI=1S/C18H17ClN2O2S/c1-2-11-23-16-7-3-14(4-8-16)12-20-21-18(22)13-24-17-9-5-15(19)6-10-17/h2-10,12H,1,11,13H2,(H,21,22). The summed E-state index contributed by atoms with van der Waals surface area (Å²) >= 11 is 7.24. The molecule has 2 rings (SSSR count). The number of halogens is 1. The second-order valence-electron chi connectivity index (χ2n) is 4.70. The fourth-order valence-corrected chi connectivity index (χ4v) is 2.51. The van der Waals surface area contributed by atoms with Crippen LogP contribution >= 0.6 is 23.4 Å². The van der Waals surface area contributed by atoms with Gasteiger partial charge in [-0.1, -0.05) is 24.3 Å². The third-order valence-corrected chi connectivity index (χ3v) is 4.10. The number of carbonyl (C=O) groups is 1. The number of hydrazone groups is 1. The first-order valence-electron chi connectivity index (χ1n) is 7.21. The summed E-state index contributed by atoms with van der Waals surface area (Å²) in [5.41, 5.74) is 3.37. The Morgan fingerprint density at radius 2 is 1.92 bits per heavy atom. The molecule has 6 heteroatoms. The van der Waals surface area contributed by atoms with Gasteiger partial charge in [-0.2, -0.15) is 5.10 Å². The van der Waals surface area contributed by atoms with Crippen LogP contribution in [-0.2, 0) is 4.79 Å². The lowest BCUT2D eigenvalue weighted by molar-refractivity contribution is -0.118. The smallest absolute Gasteiger partial charge is 0.250 e. The normalized spacial score (nSPS) is 10.5. The number of ether oxygens (including phenoxy) is 1. The fourth-order valence-electron chi connectivity index (χ4n) is 1.70. The van der Waals surface area contributed by atoms with Gasteiger partial charge < -0.3 is 4.74 Å². The zero-order valence-corrected chi connectivity index (χ0v) is 14.5. The molecular weight excluding hydrogens is 344 g/mol. The van der Waals surface area contributed by atoms with E-state index in [9.17, 15) is 4.79 Å². The van der Waals surface area contributed by atoms with Crippen molar-refractivity contribution in [3.05, 3.63) is 71.8 Å². The molecule has 0 radical (unpaired) electrons. The molecule has 0 saturated carbocycles. The van der Waals surface area contributed by atoms with Crippen LogP contribution in [0.3, 0.4) is 0 Å². The summed E-state index contributed by atoms with van der Waals surface area (Å²) in [6.45, 7) is 4.06. The average Bonchev–Trinajstić information content (AvgIpc) is 2.60. The molecule has 124 valence electrons. The number of rotatable bonds is 8. The van der Waals surface area contributed by atoms with E-state index in [1.807, 2.05) is 36.4 Å². The highest BCUT2D eigenvalue weighted by Crippen LogP contribution is 2.19. The molecule has 1 N–H and O–H groups in total. The van der Waals surface area contributed by atoms with Gasteiger partial charge in [0.2, 0.25) is 5.91 Å². The van der Waals surface area contributed by atoms with Crippen LogP contribution in [0.5, 0.6) is 5.75 Å². The lowest BCUT2D eigenvalue weighted by Gasteiger charge is -2.03. The minimum Gasteiger partial charge on any atom is -0.490 e. The molecule has 2 aromatic carbocycles. The first-order valence-corrected chi connectivity index (χ1v) is 8.58. The highest BCUT2D eigenvalue weighted by Gasteiger charge is 2.01. The molecule has 0 bridgehead atoms. The minimum absolute atomic E-state index is 0.169. The van der Waals surface area contributed by atoms with E-state index < -0.39 is 0 Å². The summed E-state index contributed by atoms with van der Waals surface area (Å²) in [6, 6.07) is 14.7. The third kappa shape index (κ3) is 6.48. The van der Waals surface area contributed by atoms with Crippen LogP contribution in [0, 0.1) is 0 Å². The molecule has 4 nitrogen and oxygen atoms in total. The predicted molar refractivity (Wildman–Crippen MR) is 100 cm³/mol. The molecule has 0 saturated heterocycles. The molecule has 0 aliphatic carbocycles. The molecule has 0 fully saturated rings. The maximum atomic E-state index is 11.7. The molecule has 0 heterocycles. The fraction of sp³-hybridized carbons (Fsp3) is 0.111. The highest BCUT2D eigenvalue weighted by atomic mass is 35.5. The summed E-state index contributed by atoms with van der Waals surface area (Å²) in [5.74, 6) is 0.875. The number of hydrogen-bond donors (Lipinski definition) is 1. The van der Waals surface area contributed by atoms with Crippen molar-refractivity contribution in [2.75, 3.05) is 12.4 Å². The summed E-state index contributed by atoms with van der Waals surface area (Å²) in [6.07, 6.45) is 3.27. The Kier molecular flexibility index (Phi) is 7.39. The number of nitrogens with zero attached hydrogens (tertiary/aromatic N) is 1. The van der Waals surface area contributed by atoms with Crippen LogP contribution in [0.25, 0.3) is 0 Å². The quantitative estimate of drug-likeness (QED) is 0.333. The van der Waals surface area contributed by atoms with Crippen LogP contribution in [0.1, 0.15) is 5.56 Å². The lowest BCUT2D eigenvalue weighted by atomic mass is 10.2. The van der Waals surface area contributed by atoms with Crippen molar-refractivity contribution >= 4 is 35.5 Å². The molecule has 0 atom stereocenters. The van der Waals surface area contributed by atoms with Crippen LogP contribution in [0.15, 0.2) is 71.2 Å². The molecular formula is C18H17ClN2O2S. The van der Waals surface area contributed by atoms with Gasteiger partial charge >= 0.3 is 0 Å². The van der Waals surface area contributed by atoms with E-state index in [1.165, 1.54) is 11.8 Å². The van der Waals surface area contributed by atoms with Gasteiger partial charge in [0.05, 0.1) is 12.0 Å². The monoisotopic (exact) mass is 360 g/mol. The zero-order chi connectivity index (χ0) is 17.2. The van der Waals surface area contributed by atoms with Crippen LogP contribution in [0.2, 0.25) is 5.02 Å². The van der Waals surface area contributed by atoms with Gasteiger partial charge in [0, 0.05) is 9.92 Å². The topological polar surface area (TPSA) is 50.7 Å². The number of benzene rings is 2. The predicted octanol–water partition coefficient (Wildman–Crippen LogP) is 4.15. The molecule has 0 spiro atoms. The lowest BCUT2D eigenvalue weighted by Crippen LogP contribution is -2.19. The second kappa shape index (κ2) is 9.80. The number of hydrogen-bond acceptors (Lipinski definition) is 4. The highest BCUT2D eigenvalue weighted by molar-refractivity contribution is 8.00. The van der Waals surface area contributed by atoms with Crippen LogP contribution in [-0.4, -0.2) is 24.5 Å². The number of amides is 1. The van der Waals surface area contributed by atoms with E-state index in [4.69, 9.17) is 16.3 Å². The van der Waals surface area contributed by atoms with E-state index in [0.29, 0.717) is 11.6 Å². The van der Waals surface area contributed by atoms with Gasteiger partial charge in [-0.25, -0.2) is 5.43 Å². The minimum atomic E-state index is -0.169. The molecule has 0 aliphatic heterocycles. The number of thioether (sulfide) groups is 1. The SMILES string of the molecule is C=CCOc1ccc(C=NNC(=O)CSc2ccc(Cl)cc2)cc1. The maximum absolute atomic E-state index is 11.7. The Labute approximate surface area is 150 Å². The van der Waals surface area contributed by atoms with E-state index in [2.05, 4.69) is 17.1 Å². The van der Waals surface area contributed by atoms with Gasteiger partial charge in [-0.15, -0.1) is 11.8 Å². The van der Waals surface area contributed by atoms with Gasteiger partial charge in [-0.3, -0.25) is 4.79 Å². The Morgan fingerprint density at radius 3 is 2.58 bits per heavy atom. The Morgan fingerprint density at radius 1 is 1.21 bits per heavy atom. The van der Waals surface area contributed by atoms with Gasteiger partial charge in [0.1, 0.15) is 12.4 Å². The van der Waals surface area contributed by atoms with Gasteiger partial charge in [0.25, 0.3) is 0 Å². The van der Waals surface area contributed by atoms with Crippen molar-refractivity contribution in [1.29, 1.82) is 0 Å². The van der Waals surface area contributed by atoms with Crippen molar-refractivity contribution in [2.24, 2.45) is 5.10 Å². The van der Waals surface area contributed by atoms with Crippen LogP contribution < -0.4 is 10.2 Å². The van der Waals surface area contributed by atoms with Crippen LogP contribution in [0.4, 0.5) is 0 Å². The summed E-state index contributed by atoms with van der Waals surface area (Å²) < 4.78 is 5.39. The van der Waals surface area contributed by atoms with E-state index in [-0.39, 0.29) is 11.7 Å². The van der Waals surface area contributed by atoms with Crippen molar-refractivity contribution in [2.45, 2.75) is 4.90 Å². The maximum Gasteiger partial charge on any atom is 0.250 e. The van der Waals surface area contributed by atoms with E-state index in [1.54, 1.807) is 24.4 Å². The Balaban J connectivity index is 1.75. The zero-order valence-electron chi connectivity index (χ0n) is 12.9. The molecule has 1 amide bonds. The first-order chi connectivity index (χ1) is 11.7. The van der Waals surface area contributed by atoms with Crippen molar-refractivity contribution in [1.82, 2.24) is 5.43 Å². The molecule has 2 aromatic rings. The molecule has 0 aliphatic rings. The summed E-state index contributed by atoms with van der Waals surface area (Å²) in [7, 11) is 0. The van der Waals surface area contributed by atoms with Gasteiger partial charge in [0.15, 0.2) is 0 Å². The van der Waals surface area contributed by atoms with Gasteiger partial charge in [-0.05, 0) is 54.1 Å². The first kappa shape index (κ1) is 18.1. The Bertz CT molecular complexity index is 700. The largest absolute Gasteiger partial charge is 0.490 e. The number of carbonyl (C=O) groups excluding carboxylic acids is 1. The number of nitrogens with one attached hydrogen (secondary N) is 1. The summed E-state index contributed by atoms with van der Waals surface area (Å²) in [5, 5.41) is 4.62. The molecule has 0 aromatic heterocycles. The van der Waals surface area contributed by atoms with Crippen molar-refractivity contribution in [3.63, 3.8) is 0 Å². The van der Waals surface area contributed by atoms with E-state index >= 15 is 0 Å². The van der Waals surface area contributed by atoms with Crippen molar-refractivity contribution < 1.29 is 9.53 Å². The Hall–Kier alpha value is -2.24. The summed E-state index contributed by atoms with van der Waals surface area (Å²) in [4.78, 5) is 12.7. The second-order valence-corrected chi connectivity index (χ2v) is 6.19.